The van der Waals surface area contributed by atoms with E-state index in [1.807, 2.05) is 18.7 Å². The number of hydrogen-bond donors (Lipinski definition) is 1. The van der Waals surface area contributed by atoms with Crippen molar-refractivity contribution in [3.8, 4) is 0 Å². The van der Waals surface area contributed by atoms with Gasteiger partial charge in [-0.15, -0.1) is 0 Å². The molecule has 23 heavy (non-hydrogen) atoms. The summed E-state index contributed by atoms with van der Waals surface area (Å²) >= 11 is 0. The van der Waals surface area contributed by atoms with E-state index in [0.717, 1.165) is 32.4 Å². The summed E-state index contributed by atoms with van der Waals surface area (Å²) in [6.45, 7) is 9.55. The van der Waals surface area contributed by atoms with E-state index in [1.165, 1.54) is 0 Å². The molecule has 1 unspecified atom stereocenters. The van der Waals surface area contributed by atoms with Crippen molar-refractivity contribution < 1.29 is 14.0 Å². The van der Waals surface area contributed by atoms with Crippen LogP contribution in [0.25, 0.3) is 0 Å². The third-order valence-electron chi connectivity index (χ3n) is 4.59. The standard InChI is InChI=1S/C17H27N3O3/c1-5-12(3)16(21)18-10-14-19-15(13(4)23-14)17(22)20-8-6-11(2)7-9-20/h11-12H,5-10H2,1-4H3,(H,18,21). The van der Waals surface area contributed by atoms with Crippen molar-refractivity contribution in [1.29, 1.82) is 0 Å². The highest BCUT2D eigenvalue weighted by Crippen LogP contribution is 2.19. The van der Waals surface area contributed by atoms with Gasteiger partial charge in [0.25, 0.3) is 5.91 Å². The molecule has 1 aliphatic rings. The Morgan fingerprint density at radius 3 is 2.65 bits per heavy atom. The molecule has 2 heterocycles. The lowest BCUT2D eigenvalue weighted by Gasteiger charge is -2.29. The van der Waals surface area contributed by atoms with Crippen LogP contribution < -0.4 is 5.32 Å². The minimum atomic E-state index is -0.0716. The topological polar surface area (TPSA) is 75.4 Å². The van der Waals surface area contributed by atoms with Crippen molar-refractivity contribution in [2.75, 3.05) is 13.1 Å². The fourth-order valence-corrected chi connectivity index (χ4v) is 2.61. The summed E-state index contributed by atoms with van der Waals surface area (Å²) in [5.74, 6) is 1.43. The monoisotopic (exact) mass is 321 g/mol. The number of aromatic nitrogens is 1. The maximum Gasteiger partial charge on any atom is 0.276 e. The summed E-state index contributed by atoms with van der Waals surface area (Å²) < 4.78 is 5.54. The highest BCUT2D eigenvalue weighted by atomic mass is 16.4. The van der Waals surface area contributed by atoms with Crippen molar-refractivity contribution in [2.24, 2.45) is 11.8 Å². The number of likely N-dealkylation sites (tertiary alicyclic amines) is 1. The zero-order chi connectivity index (χ0) is 17.0. The molecule has 0 aliphatic carbocycles. The Hall–Kier alpha value is -1.85. The number of aryl methyl sites for hydroxylation is 1. The summed E-state index contributed by atoms with van der Waals surface area (Å²) in [5, 5.41) is 2.79. The molecule has 128 valence electrons. The fraction of sp³-hybridized carbons (Fsp3) is 0.706. The highest BCUT2D eigenvalue weighted by molar-refractivity contribution is 5.93. The summed E-state index contributed by atoms with van der Waals surface area (Å²) in [6.07, 6.45) is 2.84. The third kappa shape index (κ3) is 4.33. The van der Waals surface area contributed by atoms with E-state index in [2.05, 4.69) is 17.2 Å². The van der Waals surface area contributed by atoms with Crippen LogP contribution in [0.15, 0.2) is 4.42 Å². The zero-order valence-electron chi connectivity index (χ0n) is 14.5. The van der Waals surface area contributed by atoms with Gasteiger partial charge in [-0.1, -0.05) is 20.8 Å². The molecular weight excluding hydrogens is 294 g/mol. The average Bonchev–Trinajstić information content (AvgIpc) is 2.92. The molecule has 0 bridgehead atoms. The average molecular weight is 321 g/mol. The Bertz CT molecular complexity index is 559. The van der Waals surface area contributed by atoms with Gasteiger partial charge >= 0.3 is 0 Å². The number of carbonyl (C=O) groups excluding carboxylic acids is 2. The fourth-order valence-electron chi connectivity index (χ4n) is 2.61. The quantitative estimate of drug-likeness (QED) is 0.904. The smallest absolute Gasteiger partial charge is 0.276 e. The van der Waals surface area contributed by atoms with Gasteiger partial charge in [0.1, 0.15) is 5.76 Å². The van der Waals surface area contributed by atoms with Gasteiger partial charge in [-0.3, -0.25) is 9.59 Å². The molecule has 1 N–H and O–H groups in total. The van der Waals surface area contributed by atoms with Crippen LogP contribution in [0, 0.1) is 18.8 Å². The number of oxazole rings is 1. The zero-order valence-corrected chi connectivity index (χ0v) is 14.5. The Morgan fingerprint density at radius 1 is 1.39 bits per heavy atom. The number of nitrogens with one attached hydrogen (secondary N) is 1. The summed E-state index contributed by atoms with van der Waals surface area (Å²) in [4.78, 5) is 30.5. The number of piperidine rings is 1. The van der Waals surface area contributed by atoms with Crippen LogP contribution >= 0.6 is 0 Å². The Kier molecular flexibility index (Phi) is 5.80. The van der Waals surface area contributed by atoms with Gasteiger partial charge < -0.3 is 14.6 Å². The molecule has 1 saturated heterocycles. The van der Waals surface area contributed by atoms with Gasteiger partial charge in [-0.2, -0.15) is 0 Å². The first-order chi connectivity index (χ1) is 10.9. The van der Waals surface area contributed by atoms with E-state index in [1.54, 1.807) is 6.92 Å². The van der Waals surface area contributed by atoms with Gasteiger partial charge in [0.2, 0.25) is 11.8 Å². The first-order valence-corrected chi connectivity index (χ1v) is 8.45. The van der Waals surface area contributed by atoms with E-state index < -0.39 is 0 Å². The second kappa shape index (κ2) is 7.62. The molecule has 1 aliphatic heterocycles. The van der Waals surface area contributed by atoms with E-state index in [4.69, 9.17) is 4.42 Å². The van der Waals surface area contributed by atoms with Crippen LogP contribution in [-0.2, 0) is 11.3 Å². The van der Waals surface area contributed by atoms with E-state index in [9.17, 15) is 9.59 Å². The number of hydrogen-bond acceptors (Lipinski definition) is 4. The molecule has 2 amide bonds. The molecule has 2 rings (SSSR count). The van der Waals surface area contributed by atoms with E-state index in [-0.39, 0.29) is 24.3 Å². The van der Waals surface area contributed by atoms with Crippen LogP contribution in [0.3, 0.4) is 0 Å². The summed E-state index contributed by atoms with van der Waals surface area (Å²) in [7, 11) is 0. The Morgan fingerprint density at radius 2 is 2.04 bits per heavy atom. The largest absolute Gasteiger partial charge is 0.443 e. The van der Waals surface area contributed by atoms with Crippen molar-refractivity contribution in [3.05, 3.63) is 17.3 Å². The lowest BCUT2D eigenvalue weighted by molar-refractivity contribution is -0.124. The van der Waals surface area contributed by atoms with Gasteiger partial charge in [0.15, 0.2) is 5.69 Å². The van der Waals surface area contributed by atoms with Gasteiger partial charge in [0, 0.05) is 19.0 Å². The van der Waals surface area contributed by atoms with Gasteiger partial charge in [-0.25, -0.2) is 4.98 Å². The molecule has 1 aromatic rings. The molecule has 0 saturated carbocycles. The van der Waals surface area contributed by atoms with Crippen molar-refractivity contribution in [3.63, 3.8) is 0 Å². The Labute approximate surface area is 137 Å². The third-order valence-corrected chi connectivity index (χ3v) is 4.59. The van der Waals surface area contributed by atoms with Crippen molar-refractivity contribution in [2.45, 2.75) is 53.5 Å². The van der Waals surface area contributed by atoms with Crippen LogP contribution in [0.1, 0.15) is 62.2 Å². The molecule has 0 radical (unpaired) electrons. The maximum atomic E-state index is 12.5. The minimum Gasteiger partial charge on any atom is -0.443 e. The van der Waals surface area contributed by atoms with E-state index >= 15 is 0 Å². The number of carbonyl (C=O) groups is 2. The van der Waals surface area contributed by atoms with Crippen molar-refractivity contribution in [1.82, 2.24) is 15.2 Å². The molecule has 0 spiro atoms. The molecule has 1 atom stereocenters. The maximum absolute atomic E-state index is 12.5. The predicted octanol–water partition coefficient (Wildman–Crippen LogP) is 2.52. The van der Waals surface area contributed by atoms with Gasteiger partial charge in [0.05, 0.1) is 6.54 Å². The second-order valence-electron chi connectivity index (χ2n) is 6.51. The summed E-state index contributed by atoms with van der Waals surface area (Å²) in [5.41, 5.74) is 0.368. The number of rotatable bonds is 5. The summed E-state index contributed by atoms with van der Waals surface area (Å²) in [6, 6.07) is 0. The normalized spacial score (nSPS) is 17.1. The molecule has 1 fully saturated rings. The lowest BCUT2D eigenvalue weighted by atomic mass is 9.99. The van der Waals surface area contributed by atoms with E-state index in [0.29, 0.717) is 23.3 Å². The molecule has 6 nitrogen and oxygen atoms in total. The lowest BCUT2D eigenvalue weighted by Crippen LogP contribution is -2.38. The predicted molar refractivity (Wildman–Crippen MR) is 86.8 cm³/mol. The molecule has 1 aromatic heterocycles. The second-order valence-corrected chi connectivity index (χ2v) is 6.51. The number of amides is 2. The number of nitrogens with zero attached hydrogens (tertiary/aromatic N) is 2. The highest BCUT2D eigenvalue weighted by Gasteiger charge is 2.26. The minimum absolute atomic E-state index is 0.0266. The van der Waals surface area contributed by atoms with Gasteiger partial charge in [-0.05, 0) is 32.1 Å². The van der Waals surface area contributed by atoms with Crippen molar-refractivity contribution >= 4 is 11.8 Å². The first-order valence-electron chi connectivity index (χ1n) is 8.45. The molecular formula is C17H27N3O3. The SMILES string of the molecule is CCC(C)C(=O)NCc1nc(C(=O)N2CCC(C)CC2)c(C)o1. The Balaban J connectivity index is 1.97. The molecule has 0 aromatic carbocycles. The van der Waals surface area contributed by atoms with Crippen LogP contribution in [0.2, 0.25) is 0 Å². The van der Waals surface area contributed by atoms with Crippen LogP contribution in [0.4, 0.5) is 0 Å². The van der Waals surface area contributed by atoms with Crippen LogP contribution in [-0.4, -0.2) is 34.8 Å². The molecule has 6 heteroatoms. The first kappa shape index (κ1) is 17.5. The van der Waals surface area contributed by atoms with Crippen LogP contribution in [0.5, 0.6) is 0 Å².